The van der Waals surface area contributed by atoms with Crippen molar-refractivity contribution in [3.05, 3.63) is 47.8 Å². The maximum Gasteiger partial charge on any atom is 0.526 e. The lowest BCUT2D eigenvalue weighted by atomic mass is 9.64. The fourth-order valence-electron chi connectivity index (χ4n) is 2.99. The van der Waals surface area contributed by atoms with Crippen LogP contribution in [0.3, 0.4) is 0 Å². The van der Waals surface area contributed by atoms with Crippen LogP contribution in [0, 0.1) is 0 Å². The molecule has 1 aromatic heterocycles. The summed E-state index contributed by atoms with van der Waals surface area (Å²) in [6, 6.07) is 6.63. The van der Waals surface area contributed by atoms with Crippen LogP contribution in [0.2, 0.25) is 5.82 Å². The van der Waals surface area contributed by atoms with Gasteiger partial charge in [0.25, 0.3) is 0 Å². The molecule has 0 saturated heterocycles. The minimum atomic E-state index is -1.24. The first kappa shape index (κ1) is 19.6. The SMILES string of the molecule is CC(=O)OCOC(=O)c1cccc2c1OB(O)[C@@H](CC(=O)Cn1cccn1)C2. The van der Waals surface area contributed by atoms with Gasteiger partial charge in [-0.2, -0.15) is 5.10 Å². The number of nitrogens with zero attached hydrogens (tertiary/aromatic N) is 2. The summed E-state index contributed by atoms with van der Waals surface area (Å²) in [6.45, 7) is 0.808. The number of para-hydroxylation sites is 1. The summed E-state index contributed by atoms with van der Waals surface area (Å²) >= 11 is 0. The molecule has 1 aliphatic rings. The van der Waals surface area contributed by atoms with Crippen molar-refractivity contribution in [2.24, 2.45) is 0 Å². The number of ketones is 1. The number of fused-ring (bicyclic) bond motifs is 1. The van der Waals surface area contributed by atoms with Crippen molar-refractivity contribution in [3.63, 3.8) is 0 Å². The van der Waals surface area contributed by atoms with Crippen molar-refractivity contribution in [2.75, 3.05) is 6.79 Å². The van der Waals surface area contributed by atoms with E-state index in [1.165, 1.54) is 17.7 Å². The predicted molar refractivity (Wildman–Crippen MR) is 96.4 cm³/mol. The first-order chi connectivity index (χ1) is 13.4. The van der Waals surface area contributed by atoms with Crippen molar-refractivity contribution in [3.8, 4) is 5.75 Å². The van der Waals surface area contributed by atoms with Crippen LogP contribution < -0.4 is 4.65 Å². The quantitative estimate of drug-likeness (QED) is 0.426. The van der Waals surface area contributed by atoms with Gasteiger partial charge >= 0.3 is 19.1 Å². The lowest BCUT2D eigenvalue weighted by Crippen LogP contribution is -2.36. The van der Waals surface area contributed by atoms with Crippen molar-refractivity contribution < 1.29 is 33.5 Å². The van der Waals surface area contributed by atoms with E-state index in [4.69, 9.17) is 9.39 Å². The number of esters is 2. The second kappa shape index (κ2) is 8.70. The van der Waals surface area contributed by atoms with E-state index in [-0.39, 0.29) is 30.1 Å². The fraction of sp³-hybridized carbons (Fsp3) is 0.333. The molecule has 0 unspecified atom stereocenters. The van der Waals surface area contributed by atoms with E-state index < -0.39 is 31.7 Å². The number of aromatic nitrogens is 2. The van der Waals surface area contributed by atoms with Gasteiger partial charge in [-0.25, -0.2) is 4.79 Å². The Balaban J connectivity index is 1.66. The number of benzene rings is 1. The van der Waals surface area contributed by atoms with Gasteiger partial charge in [0.2, 0.25) is 6.79 Å². The molecule has 10 heteroatoms. The number of hydrogen-bond donors (Lipinski definition) is 1. The van der Waals surface area contributed by atoms with Gasteiger partial charge < -0.3 is 19.2 Å². The maximum atomic E-state index is 12.2. The van der Waals surface area contributed by atoms with E-state index in [0.29, 0.717) is 12.0 Å². The Bertz CT molecular complexity index is 869. The lowest BCUT2D eigenvalue weighted by molar-refractivity contribution is -0.149. The molecule has 1 atom stereocenters. The number of Topliss-reactive ketones (excluding diaryl/α,β-unsaturated/α-hetero) is 1. The van der Waals surface area contributed by atoms with Crippen molar-refractivity contribution in [1.82, 2.24) is 9.78 Å². The van der Waals surface area contributed by atoms with Crippen LogP contribution in [0.5, 0.6) is 5.75 Å². The minimum absolute atomic E-state index is 0.0863. The molecule has 1 aromatic carbocycles. The molecule has 146 valence electrons. The Hall–Kier alpha value is -3.14. The van der Waals surface area contributed by atoms with Gasteiger partial charge in [-0.05, 0) is 24.1 Å². The van der Waals surface area contributed by atoms with Gasteiger partial charge in [-0.15, -0.1) is 0 Å². The zero-order valence-corrected chi connectivity index (χ0v) is 15.2. The van der Waals surface area contributed by atoms with E-state index >= 15 is 0 Å². The molecule has 1 aliphatic heterocycles. The molecule has 0 radical (unpaired) electrons. The number of hydrogen-bond acceptors (Lipinski definition) is 8. The van der Waals surface area contributed by atoms with E-state index in [1.807, 2.05) is 0 Å². The molecule has 9 nitrogen and oxygen atoms in total. The van der Waals surface area contributed by atoms with Crippen molar-refractivity contribution in [2.45, 2.75) is 32.1 Å². The third kappa shape index (κ3) is 4.77. The standard InChI is InChI=1S/C18H19BN2O7/c1-12(22)26-11-27-18(24)16-5-2-4-13-8-14(19(25)28-17(13)16)9-15(23)10-21-7-3-6-20-21/h2-7,14,25H,8-11H2,1H3/t14-/m1/s1. The third-order valence-corrected chi connectivity index (χ3v) is 4.28. The Kier molecular flexibility index (Phi) is 6.10. The first-order valence-electron chi connectivity index (χ1n) is 8.70. The predicted octanol–water partition coefficient (Wildman–Crippen LogP) is 1.01. The molecule has 3 rings (SSSR count). The number of rotatable bonds is 7. The van der Waals surface area contributed by atoms with Crippen LogP contribution in [0.4, 0.5) is 0 Å². The van der Waals surface area contributed by atoms with E-state index in [0.717, 1.165) is 0 Å². The fourth-order valence-corrected chi connectivity index (χ4v) is 2.99. The maximum absolute atomic E-state index is 12.2. The first-order valence-corrected chi connectivity index (χ1v) is 8.70. The number of carbonyl (C=O) groups is 3. The highest BCUT2D eigenvalue weighted by Crippen LogP contribution is 2.36. The van der Waals surface area contributed by atoms with Gasteiger partial charge in [-0.3, -0.25) is 14.3 Å². The molecule has 2 heterocycles. The van der Waals surface area contributed by atoms with Gasteiger partial charge in [0.05, 0.1) is 6.54 Å². The average molecular weight is 386 g/mol. The normalized spacial score (nSPS) is 15.4. The molecule has 0 saturated carbocycles. The molecule has 28 heavy (non-hydrogen) atoms. The average Bonchev–Trinajstić information content (AvgIpc) is 3.14. The smallest absolute Gasteiger partial charge is 0.526 e. The van der Waals surface area contributed by atoms with Crippen molar-refractivity contribution >= 4 is 24.8 Å². The second-order valence-corrected chi connectivity index (χ2v) is 6.40. The van der Waals surface area contributed by atoms with Gasteiger partial charge in [-0.1, -0.05) is 12.1 Å². The second-order valence-electron chi connectivity index (χ2n) is 6.40. The largest absolute Gasteiger partial charge is 0.535 e. The summed E-state index contributed by atoms with van der Waals surface area (Å²) in [5, 5.41) is 14.3. The molecule has 0 aliphatic carbocycles. The Morgan fingerprint density at radius 1 is 1.32 bits per heavy atom. The van der Waals surface area contributed by atoms with Crippen LogP contribution >= 0.6 is 0 Å². The lowest BCUT2D eigenvalue weighted by Gasteiger charge is -2.28. The highest BCUT2D eigenvalue weighted by Gasteiger charge is 2.37. The highest BCUT2D eigenvalue weighted by molar-refractivity contribution is 6.47. The molecule has 0 fully saturated rings. The van der Waals surface area contributed by atoms with Crippen molar-refractivity contribution in [1.29, 1.82) is 0 Å². The molecule has 1 N–H and O–H groups in total. The van der Waals surface area contributed by atoms with Gasteiger partial charge in [0.15, 0.2) is 5.78 Å². The molecule has 0 bridgehead atoms. The summed E-state index contributed by atoms with van der Waals surface area (Å²) in [5.74, 6) is -1.63. The summed E-state index contributed by atoms with van der Waals surface area (Å²) in [4.78, 5) is 35.2. The monoisotopic (exact) mass is 386 g/mol. The van der Waals surface area contributed by atoms with Gasteiger partial charge in [0, 0.05) is 31.6 Å². The zero-order chi connectivity index (χ0) is 20.1. The Labute approximate surface area is 161 Å². The summed E-state index contributed by atoms with van der Waals surface area (Å²) in [5.41, 5.74) is 0.800. The van der Waals surface area contributed by atoms with Crippen LogP contribution in [0.1, 0.15) is 29.3 Å². The zero-order valence-electron chi connectivity index (χ0n) is 15.2. The molecular formula is C18H19BN2O7. The van der Waals surface area contributed by atoms with Crippen LogP contribution in [-0.4, -0.2) is 46.4 Å². The molecule has 0 spiro atoms. The number of ether oxygens (including phenoxy) is 2. The molecular weight excluding hydrogens is 367 g/mol. The molecule has 0 amide bonds. The Morgan fingerprint density at radius 2 is 2.14 bits per heavy atom. The van der Waals surface area contributed by atoms with Crippen LogP contribution in [0.25, 0.3) is 0 Å². The number of carbonyl (C=O) groups excluding carboxylic acids is 3. The van der Waals surface area contributed by atoms with E-state index in [9.17, 15) is 19.4 Å². The van der Waals surface area contributed by atoms with E-state index in [2.05, 4.69) is 9.84 Å². The van der Waals surface area contributed by atoms with E-state index in [1.54, 1.807) is 30.6 Å². The van der Waals surface area contributed by atoms with Gasteiger partial charge in [0.1, 0.15) is 11.3 Å². The molecule has 2 aromatic rings. The Morgan fingerprint density at radius 3 is 2.86 bits per heavy atom. The minimum Gasteiger partial charge on any atom is -0.535 e. The summed E-state index contributed by atoms with van der Waals surface area (Å²) < 4.78 is 16.5. The third-order valence-electron chi connectivity index (χ3n) is 4.28. The summed E-state index contributed by atoms with van der Waals surface area (Å²) in [7, 11) is -1.24. The van der Waals surface area contributed by atoms with Crippen LogP contribution in [-0.2, 0) is 32.0 Å². The highest BCUT2D eigenvalue weighted by atomic mass is 16.7. The summed E-state index contributed by atoms with van der Waals surface area (Å²) in [6.07, 6.45) is 3.76. The van der Waals surface area contributed by atoms with Crippen LogP contribution in [0.15, 0.2) is 36.7 Å². The topological polar surface area (TPSA) is 117 Å².